The largest absolute Gasteiger partial charge is 0.282 e. The molecule has 3 nitrogen and oxygen atoms in total. The van der Waals surface area contributed by atoms with Crippen LogP contribution in [0.1, 0.15) is 0 Å². The van der Waals surface area contributed by atoms with Crippen molar-refractivity contribution < 1.29 is 8.42 Å². The maximum atomic E-state index is 11.3. The predicted molar refractivity (Wildman–Crippen MR) is 73.2 cm³/mol. The number of rotatable bonds is 3. The normalized spacial score (nSPS) is 11.4. The summed E-state index contributed by atoms with van der Waals surface area (Å²) in [4.78, 5) is 0. The van der Waals surface area contributed by atoms with Crippen molar-refractivity contribution in [1.29, 1.82) is 0 Å². The van der Waals surface area contributed by atoms with Gasteiger partial charge in [-0.3, -0.25) is 4.72 Å². The number of halogens is 3. The number of benzene rings is 1. The van der Waals surface area contributed by atoms with Crippen molar-refractivity contribution in [1.82, 2.24) is 0 Å². The zero-order valence-electron chi connectivity index (χ0n) is 6.80. The van der Waals surface area contributed by atoms with E-state index in [1.165, 1.54) is 0 Å². The predicted octanol–water partition coefficient (Wildman–Crippen LogP) is 3.15. The van der Waals surface area contributed by atoms with E-state index >= 15 is 0 Å². The van der Waals surface area contributed by atoms with Crippen LogP contribution in [0.5, 0.6) is 0 Å². The van der Waals surface area contributed by atoms with Gasteiger partial charge in [-0.1, -0.05) is 31.9 Å². The van der Waals surface area contributed by atoms with E-state index in [1.54, 1.807) is 6.07 Å². The van der Waals surface area contributed by atoms with Crippen LogP contribution >= 0.6 is 54.5 Å². The second-order valence-corrected chi connectivity index (χ2v) is 7.55. The first-order valence-corrected chi connectivity index (χ1v) is 8.10. The molecule has 0 spiro atoms. The van der Waals surface area contributed by atoms with Crippen LogP contribution in [0.4, 0.5) is 5.69 Å². The lowest BCUT2D eigenvalue weighted by molar-refractivity contribution is 0.606. The minimum absolute atomic E-state index is 0.109. The average molecular weight is 455 g/mol. The van der Waals surface area contributed by atoms with Crippen molar-refractivity contribution >= 4 is 70.2 Å². The van der Waals surface area contributed by atoms with Crippen molar-refractivity contribution in [3.8, 4) is 0 Å². The van der Waals surface area contributed by atoms with Gasteiger partial charge in [-0.05, 0) is 40.8 Å². The first kappa shape index (κ1) is 12.7. The third-order valence-corrected chi connectivity index (χ3v) is 5.40. The monoisotopic (exact) mass is 453 g/mol. The van der Waals surface area contributed by atoms with Crippen LogP contribution in [0.2, 0.25) is 0 Å². The molecule has 7 heteroatoms. The van der Waals surface area contributed by atoms with Gasteiger partial charge < -0.3 is 0 Å². The van der Waals surface area contributed by atoms with Crippen molar-refractivity contribution in [2.45, 2.75) is 0 Å². The molecule has 0 saturated heterocycles. The SMILES string of the molecule is O=S(=O)(CBr)Nc1cc(Br)ccc1I. The number of hydrogen-bond donors (Lipinski definition) is 1. The maximum Gasteiger partial charge on any atom is 0.242 e. The molecule has 0 atom stereocenters. The summed E-state index contributed by atoms with van der Waals surface area (Å²) < 4.78 is 26.6. The third kappa shape index (κ3) is 3.67. The van der Waals surface area contributed by atoms with Crippen molar-refractivity contribution in [3.05, 3.63) is 26.2 Å². The second kappa shape index (κ2) is 5.13. The molecule has 0 fully saturated rings. The molecule has 0 radical (unpaired) electrons. The molecule has 1 aromatic rings. The van der Waals surface area contributed by atoms with E-state index in [4.69, 9.17) is 0 Å². The molecule has 0 aliphatic carbocycles. The molecule has 78 valence electrons. The van der Waals surface area contributed by atoms with Crippen LogP contribution in [0.25, 0.3) is 0 Å². The summed E-state index contributed by atoms with van der Waals surface area (Å²) in [5.74, 6) is 0. The number of sulfonamides is 1. The Balaban J connectivity index is 3.03. The molecule has 0 saturated carbocycles. The summed E-state index contributed by atoms with van der Waals surface area (Å²) in [6.07, 6.45) is 0. The second-order valence-electron chi connectivity index (χ2n) is 2.45. The number of hydrogen-bond acceptors (Lipinski definition) is 2. The maximum absolute atomic E-state index is 11.3. The molecule has 0 amide bonds. The molecule has 0 heterocycles. The number of alkyl halides is 1. The van der Waals surface area contributed by atoms with Gasteiger partial charge in [-0.25, -0.2) is 8.42 Å². The fourth-order valence-corrected chi connectivity index (χ4v) is 2.69. The standard InChI is InChI=1S/C7H6Br2INO2S/c8-4-14(12,13)11-7-3-5(9)1-2-6(7)10/h1-3,11H,4H2. The van der Waals surface area contributed by atoms with Gasteiger partial charge in [-0.2, -0.15) is 0 Å². The van der Waals surface area contributed by atoms with Gasteiger partial charge in [0.15, 0.2) is 0 Å². The lowest BCUT2D eigenvalue weighted by Gasteiger charge is -2.07. The molecule has 0 unspecified atom stereocenters. The van der Waals surface area contributed by atoms with E-state index in [0.717, 1.165) is 8.04 Å². The number of anilines is 1. The zero-order valence-corrected chi connectivity index (χ0v) is 12.9. The van der Waals surface area contributed by atoms with E-state index in [0.29, 0.717) is 5.69 Å². The van der Waals surface area contributed by atoms with Crippen molar-refractivity contribution in [2.24, 2.45) is 0 Å². The summed E-state index contributed by atoms with van der Waals surface area (Å²) in [5.41, 5.74) is 0.583. The topological polar surface area (TPSA) is 46.2 Å². The van der Waals surface area contributed by atoms with Gasteiger partial charge in [0.2, 0.25) is 10.0 Å². The number of nitrogens with one attached hydrogen (secondary N) is 1. The lowest BCUT2D eigenvalue weighted by atomic mass is 10.3. The van der Waals surface area contributed by atoms with Crippen molar-refractivity contribution in [2.75, 3.05) is 9.38 Å². The van der Waals surface area contributed by atoms with Crippen LogP contribution in [-0.4, -0.2) is 13.1 Å². The van der Waals surface area contributed by atoms with E-state index in [9.17, 15) is 8.42 Å². The molecular weight excluding hydrogens is 449 g/mol. The molecule has 1 aromatic carbocycles. The lowest BCUT2D eigenvalue weighted by Crippen LogP contribution is -2.13. The highest BCUT2D eigenvalue weighted by Crippen LogP contribution is 2.24. The first-order chi connectivity index (χ1) is 6.44. The minimum atomic E-state index is -3.27. The molecule has 0 bridgehead atoms. The van der Waals surface area contributed by atoms with Crippen LogP contribution in [0.3, 0.4) is 0 Å². The Morgan fingerprint density at radius 2 is 2.07 bits per heavy atom. The molecule has 1 rings (SSSR count). The van der Waals surface area contributed by atoms with Gasteiger partial charge in [-0.15, -0.1) is 0 Å². The molecular formula is C7H6Br2INO2S. The Bertz CT molecular complexity index is 435. The highest BCUT2D eigenvalue weighted by Gasteiger charge is 2.10. The fraction of sp³-hybridized carbons (Fsp3) is 0.143. The van der Waals surface area contributed by atoms with Gasteiger partial charge in [0.25, 0.3) is 0 Å². The molecule has 1 N–H and O–H groups in total. The molecule has 14 heavy (non-hydrogen) atoms. The Morgan fingerprint density at radius 1 is 1.43 bits per heavy atom. The van der Waals surface area contributed by atoms with E-state index in [-0.39, 0.29) is 4.66 Å². The fourth-order valence-electron chi connectivity index (χ4n) is 0.771. The Labute approximate surface area is 113 Å². The Kier molecular flexibility index (Phi) is 4.66. The summed E-state index contributed by atoms with van der Waals surface area (Å²) >= 11 is 8.25. The quantitative estimate of drug-likeness (QED) is 0.563. The summed E-state index contributed by atoms with van der Waals surface area (Å²) in [6.45, 7) is 0. The first-order valence-electron chi connectivity index (χ1n) is 3.46. The van der Waals surface area contributed by atoms with E-state index in [2.05, 4.69) is 59.2 Å². The highest BCUT2D eigenvalue weighted by atomic mass is 127. The Hall–Kier alpha value is 0.660. The molecule has 0 aliphatic rings. The van der Waals surface area contributed by atoms with Crippen LogP contribution in [0, 0.1) is 3.57 Å². The highest BCUT2D eigenvalue weighted by molar-refractivity contribution is 14.1. The molecule has 0 aromatic heterocycles. The third-order valence-electron chi connectivity index (χ3n) is 1.34. The van der Waals surface area contributed by atoms with Gasteiger partial charge in [0.05, 0.1) is 5.69 Å². The summed E-state index contributed by atoms with van der Waals surface area (Å²) in [6, 6.07) is 5.41. The molecule has 0 aliphatic heterocycles. The van der Waals surface area contributed by atoms with E-state index in [1.807, 2.05) is 12.1 Å². The van der Waals surface area contributed by atoms with Crippen LogP contribution < -0.4 is 4.72 Å². The average Bonchev–Trinajstić information content (AvgIpc) is 2.11. The van der Waals surface area contributed by atoms with Gasteiger partial charge in [0.1, 0.15) is 4.66 Å². The van der Waals surface area contributed by atoms with E-state index < -0.39 is 10.0 Å². The smallest absolute Gasteiger partial charge is 0.242 e. The summed E-state index contributed by atoms with van der Waals surface area (Å²) in [7, 11) is -3.27. The Morgan fingerprint density at radius 3 is 2.64 bits per heavy atom. The van der Waals surface area contributed by atoms with Crippen LogP contribution in [0.15, 0.2) is 22.7 Å². The van der Waals surface area contributed by atoms with Crippen LogP contribution in [-0.2, 0) is 10.0 Å². The van der Waals surface area contributed by atoms with Crippen molar-refractivity contribution in [3.63, 3.8) is 0 Å². The zero-order chi connectivity index (χ0) is 10.8. The van der Waals surface area contributed by atoms with Gasteiger partial charge in [0, 0.05) is 8.04 Å². The minimum Gasteiger partial charge on any atom is -0.282 e. The summed E-state index contributed by atoms with van der Waals surface area (Å²) in [5, 5.41) is 0. The van der Waals surface area contributed by atoms with Gasteiger partial charge >= 0.3 is 0 Å².